The van der Waals surface area contributed by atoms with Gasteiger partial charge in [-0.25, -0.2) is 0 Å². The Labute approximate surface area is 109 Å². The van der Waals surface area contributed by atoms with E-state index in [4.69, 9.17) is 15.2 Å². The van der Waals surface area contributed by atoms with Crippen LogP contribution in [0.5, 0.6) is 11.5 Å². The van der Waals surface area contributed by atoms with E-state index in [0.29, 0.717) is 23.0 Å². The van der Waals surface area contributed by atoms with Crippen molar-refractivity contribution in [1.29, 1.82) is 0 Å². The summed E-state index contributed by atoms with van der Waals surface area (Å²) in [6.45, 7) is 4.16. The van der Waals surface area contributed by atoms with Gasteiger partial charge in [0.25, 0.3) is 0 Å². The largest absolute Gasteiger partial charge is 0.493 e. The second-order valence-corrected chi connectivity index (χ2v) is 4.82. The first-order valence-electron chi connectivity index (χ1n) is 6.15. The van der Waals surface area contributed by atoms with E-state index in [1.165, 1.54) is 0 Å². The lowest BCUT2D eigenvalue weighted by molar-refractivity contribution is 0.132. The number of methoxy groups -OCH3 is 2. The van der Waals surface area contributed by atoms with E-state index in [2.05, 4.69) is 13.8 Å². The molecule has 3 N–H and O–H groups in total. The van der Waals surface area contributed by atoms with Crippen molar-refractivity contribution in [3.63, 3.8) is 0 Å². The first-order valence-corrected chi connectivity index (χ1v) is 6.15. The lowest BCUT2D eigenvalue weighted by Gasteiger charge is -2.23. The molecule has 102 valence electrons. The van der Waals surface area contributed by atoms with Gasteiger partial charge in [0.05, 0.1) is 20.3 Å². The van der Waals surface area contributed by atoms with Gasteiger partial charge in [0.1, 0.15) is 0 Å². The van der Waals surface area contributed by atoms with Gasteiger partial charge < -0.3 is 20.3 Å². The Morgan fingerprint density at radius 2 is 1.89 bits per heavy atom. The van der Waals surface area contributed by atoms with Crippen LogP contribution in [-0.2, 0) is 0 Å². The molecule has 2 atom stereocenters. The molecule has 18 heavy (non-hydrogen) atoms. The topological polar surface area (TPSA) is 64.7 Å². The van der Waals surface area contributed by atoms with Crippen LogP contribution in [0.3, 0.4) is 0 Å². The highest BCUT2D eigenvalue weighted by atomic mass is 16.5. The number of nitrogens with two attached hydrogens (primary N) is 1. The zero-order chi connectivity index (χ0) is 13.7. The average molecular weight is 253 g/mol. The second-order valence-electron chi connectivity index (χ2n) is 4.82. The smallest absolute Gasteiger partial charge is 0.166 e. The monoisotopic (exact) mass is 253 g/mol. The number of ether oxygens (including phenoxy) is 2. The Bertz CT molecular complexity index is 379. The van der Waals surface area contributed by atoms with Crippen LogP contribution < -0.4 is 15.2 Å². The van der Waals surface area contributed by atoms with E-state index in [-0.39, 0.29) is 6.04 Å². The van der Waals surface area contributed by atoms with Crippen molar-refractivity contribution in [3.8, 4) is 11.5 Å². The van der Waals surface area contributed by atoms with Crippen molar-refractivity contribution in [2.45, 2.75) is 32.4 Å². The molecule has 1 rings (SSSR count). The third kappa shape index (κ3) is 3.37. The van der Waals surface area contributed by atoms with E-state index >= 15 is 0 Å². The Balaban J connectivity index is 3.01. The molecule has 0 aliphatic heterocycles. The van der Waals surface area contributed by atoms with Gasteiger partial charge in [0.2, 0.25) is 0 Å². The highest BCUT2D eigenvalue weighted by Gasteiger charge is 2.23. The van der Waals surface area contributed by atoms with Crippen molar-refractivity contribution in [1.82, 2.24) is 0 Å². The van der Waals surface area contributed by atoms with Gasteiger partial charge in [0, 0.05) is 11.6 Å². The summed E-state index contributed by atoms with van der Waals surface area (Å²) in [5, 5.41) is 10.3. The Kier molecular flexibility index (Phi) is 5.44. The molecular formula is C14H23NO3. The summed E-state index contributed by atoms with van der Waals surface area (Å²) >= 11 is 0. The summed E-state index contributed by atoms with van der Waals surface area (Å²) in [4.78, 5) is 0. The van der Waals surface area contributed by atoms with Gasteiger partial charge >= 0.3 is 0 Å². The number of hydrogen-bond donors (Lipinski definition) is 2. The first-order chi connectivity index (χ1) is 8.51. The number of hydrogen-bond acceptors (Lipinski definition) is 4. The zero-order valence-electron chi connectivity index (χ0n) is 11.5. The Morgan fingerprint density at radius 3 is 2.39 bits per heavy atom. The minimum Gasteiger partial charge on any atom is -0.493 e. The summed E-state index contributed by atoms with van der Waals surface area (Å²) in [6, 6.07) is 5.11. The van der Waals surface area contributed by atoms with Crippen LogP contribution in [0.2, 0.25) is 0 Å². The van der Waals surface area contributed by atoms with Gasteiger partial charge in [-0.3, -0.25) is 0 Å². The Morgan fingerprint density at radius 1 is 1.22 bits per heavy atom. The van der Waals surface area contributed by atoms with Crippen LogP contribution in [0.1, 0.15) is 31.9 Å². The molecule has 0 aliphatic carbocycles. The summed E-state index contributed by atoms with van der Waals surface area (Å²) in [7, 11) is 3.13. The minimum atomic E-state index is -0.752. The molecule has 2 unspecified atom stereocenters. The van der Waals surface area contributed by atoms with Gasteiger partial charge in [0.15, 0.2) is 11.5 Å². The molecule has 0 spiro atoms. The predicted octanol–water partition coefficient (Wildman–Crippen LogP) is 2.11. The maximum absolute atomic E-state index is 10.3. The maximum Gasteiger partial charge on any atom is 0.166 e. The molecular weight excluding hydrogens is 230 g/mol. The normalized spacial score (nSPS) is 14.4. The van der Waals surface area contributed by atoms with Gasteiger partial charge in [-0.2, -0.15) is 0 Å². The van der Waals surface area contributed by atoms with E-state index in [1.807, 2.05) is 12.1 Å². The minimum absolute atomic E-state index is 0.314. The quantitative estimate of drug-likeness (QED) is 0.815. The SMILES string of the molecule is COc1cccc(C(O)C(N)CC(C)C)c1OC. The van der Waals surface area contributed by atoms with Crippen LogP contribution in [0, 0.1) is 5.92 Å². The molecule has 4 nitrogen and oxygen atoms in total. The highest BCUT2D eigenvalue weighted by molar-refractivity contribution is 5.48. The molecule has 0 fully saturated rings. The molecule has 0 saturated carbocycles. The molecule has 0 aliphatic rings. The van der Waals surface area contributed by atoms with Crippen molar-refractivity contribution in [3.05, 3.63) is 23.8 Å². The van der Waals surface area contributed by atoms with Crippen LogP contribution in [-0.4, -0.2) is 25.4 Å². The van der Waals surface area contributed by atoms with Crippen molar-refractivity contribution < 1.29 is 14.6 Å². The first kappa shape index (κ1) is 14.8. The molecule has 0 saturated heterocycles. The summed E-state index contributed by atoms with van der Waals surface area (Å²) in [5.74, 6) is 1.59. The van der Waals surface area contributed by atoms with Crippen molar-refractivity contribution >= 4 is 0 Å². The number of benzene rings is 1. The van der Waals surface area contributed by atoms with Gasteiger partial charge in [-0.1, -0.05) is 26.0 Å². The van der Waals surface area contributed by atoms with Crippen molar-refractivity contribution in [2.75, 3.05) is 14.2 Å². The Hall–Kier alpha value is -1.26. The second kappa shape index (κ2) is 6.61. The molecule has 0 bridgehead atoms. The number of aliphatic hydroxyl groups excluding tert-OH is 1. The van der Waals surface area contributed by atoms with Crippen LogP contribution in [0.15, 0.2) is 18.2 Å². The van der Waals surface area contributed by atoms with E-state index < -0.39 is 6.10 Å². The third-order valence-electron chi connectivity index (χ3n) is 2.90. The van der Waals surface area contributed by atoms with Crippen LogP contribution >= 0.6 is 0 Å². The van der Waals surface area contributed by atoms with Crippen LogP contribution in [0.25, 0.3) is 0 Å². The third-order valence-corrected chi connectivity index (χ3v) is 2.90. The number of rotatable bonds is 6. The standard InChI is InChI=1S/C14H23NO3/c1-9(2)8-11(15)13(16)10-6-5-7-12(17-3)14(10)18-4/h5-7,9,11,13,16H,8,15H2,1-4H3. The van der Waals surface area contributed by atoms with Crippen LogP contribution in [0.4, 0.5) is 0 Å². The molecule has 1 aromatic carbocycles. The fraction of sp³-hybridized carbons (Fsp3) is 0.571. The summed E-state index contributed by atoms with van der Waals surface area (Å²) in [5.41, 5.74) is 6.69. The maximum atomic E-state index is 10.3. The highest BCUT2D eigenvalue weighted by Crippen LogP contribution is 2.36. The van der Waals surface area contributed by atoms with E-state index in [1.54, 1.807) is 20.3 Å². The molecule has 0 amide bonds. The molecule has 0 radical (unpaired) electrons. The number of para-hydroxylation sites is 1. The number of aliphatic hydroxyl groups is 1. The summed E-state index contributed by atoms with van der Waals surface area (Å²) < 4.78 is 10.5. The van der Waals surface area contributed by atoms with Gasteiger partial charge in [-0.05, 0) is 18.4 Å². The lowest BCUT2D eigenvalue weighted by atomic mass is 9.94. The molecule has 0 aromatic heterocycles. The van der Waals surface area contributed by atoms with E-state index in [9.17, 15) is 5.11 Å². The fourth-order valence-electron chi connectivity index (χ4n) is 2.05. The molecule has 1 aromatic rings. The average Bonchev–Trinajstić information content (AvgIpc) is 2.35. The lowest BCUT2D eigenvalue weighted by Crippen LogP contribution is -2.30. The van der Waals surface area contributed by atoms with Crippen molar-refractivity contribution in [2.24, 2.45) is 11.7 Å². The molecule has 0 heterocycles. The van der Waals surface area contributed by atoms with E-state index in [0.717, 1.165) is 6.42 Å². The zero-order valence-corrected chi connectivity index (χ0v) is 11.5. The predicted molar refractivity (Wildman–Crippen MR) is 71.9 cm³/mol. The fourth-order valence-corrected chi connectivity index (χ4v) is 2.05. The summed E-state index contributed by atoms with van der Waals surface area (Å²) in [6.07, 6.45) is -0.000843. The molecule has 4 heteroatoms. The van der Waals surface area contributed by atoms with Gasteiger partial charge in [-0.15, -0.1) is 0 Å².